The number of rotatable bonds is 78. The van der Waals surface area contributed by atoms with Crippen molar-refractivity contribution >= 4 is 39.5 Å². The lowest BCUT2D eigenvalue weighted by Gasteiger charge is -2.21. The zero-order valence-corrected chi connectivity index (χ0v) is 66.8. The first-order valence-corrected chi connectivity index (χ1v) is 44.3. The van der Waals surface area contributed by atoms with Crippen LogP contribution in [-0.2, 0) is 65.4 Å². The van der Waals surface area contributed by atoms with Gasteiger partial charge in [0.05, 0.1) is 26.4 Å². The number of ether oxygens (including phenoxy) is 4. The van der Waals surface area contributed by atoms with Gasteiger partial charge in [0.1, 0.15) is 19.3 Å². The first-order valence-electron chi connectivity index (χ1n) is 41.3. The molecule has 3 N–H and O–H groups in total. The number of phosphoric acid groups is 2. The fourth-order valence-electron chi connectivity index (χ4n) is 12.3. The second kappa shape index (κ2) is 70.4. The molecule has 2 unspecified atom stereocenters. The zero-order valence-electron chi connectivity index (χ0n) is 65.0. The molecule has 0 spiro atoms. The van der Waals surface area contributed by atoms with Gasteiger partial charge in [-0.25, -0.2) is 9.13 Å². The second-order valence-corrected chi connectivity index (χ2v) is 33.1. The minimum Gasteiger partial charge on any atom is -0.462 e. The SMILES string of the molecule is CCCCCCCCCCCC(=O)OC[C@H](COP(=O)(O)OC[C@H](O)COP(=O)(O)OC[C@@H](COC(=O)CCCCCCCCCCCCCCCCCC(C)C)OC(=O)CCCCCCCCCCCCCCCCCCCCC(C)C)OC(=O)CCCCCCCCCCC(C)C. The molecule has 0 amide bonds. The van der Waals surface area contributed by atoms with Gasteiger partial charge in [0.15, 0.2) is 12.2 Å². The van der Waals surface area contributed by atoms with Crippen molar-refractivity contribution in [3.05, 3.63) is 0 Å². The van der Waals surface area contributed by atoms with Crippen molar-refractivity contribution in [1.82, 2.24) is 0 Å². The third-order valence-electron chi connectivity index (χ3n) is 18.6. The van der Waals surface area contributed by atoms with Gasteiger partial charge in [0, 0.05) is 25.7 Å². The summed E-state index contributed by atoms with van der Waals surface area (Å²) >= 11 is 0. The molecule has 0 aromatic rings. The summed E-state index contributed by atoms with van der Waals surface area (Å²) in [5.74, 6) is 0.229. The summed E-state index contributed by atoms with van der Waals surface area (Å²) in [4.78, 5) is 72.9. The van der Waals surface area contributed by atoms with E-state index in [-0.39, 0.29) is 25.7 Å². The normalized spacial score (nSPS) is 14.0. The minimum atomic E-state index is -4.96. The highest BCUT2D eigenvalue weighted by Crippen LogP contribution is 2.45. The predicted octanol–water partition coefficient (Wildman–Crippen LogP) is 23.7. The van der Waals surface area contributed by atoms with Crippen LogP contribution in [0.5, 0.6) is 0 Å². The van der Waals surface area contributed by atoms with E-state index in [2.05, 4.69) is 48.5 Å². The van der Waals surface area contributed by atoms with Crippen molar-refractivity contribution in [2.45, 2.75) is 433 Å². The molecular formula is C80H156O17P2. The van der Waals surface area contributed by atoms with E-state index in [0.29, 0.717) is 25.7 Å². The monoisotopic (exact) mass is 1450 g/mol. The van der Waals surface area contributed by atoms with Crippen LogP contribution in [-0.4, -0.2) is 96.7 Å². The standard InChI is InChI=1S/C80H156O17P2/c1-8-9-10-11-12-30-40-47-54-61-77(82)90-67-76(97-80(85)64-57-50-43-36-35-39-46-53-60-73(6)7)70-95-99(88,89)93-66-74(81)65-92-98(86,87)94-69-75(68-91-78(83)62-55-48-41-33-28-24-21-17-19-23-27-32-38-45-52-59-72(4)5)96-79(84)63-56-49-42-34-29-25-20-16-14-13-15-18-22-26-31-37-44-51-58-71(2)3/h71-76,81H,8-70H2,1-7H3,(H,86,87)(H,88,89)/t74-,75-,76-/m1/s1. The number of hydrogen-bond acceptors (Lipinski definition) is 15. The number of carbonyl (C=O) groups excluding carboxylic acids is 4. The van der Waals surface area contributed by atoms with Crippen LogP contribution in [0.1, 0.15) is 414 Å². The molecule has 0 saturated heterocycles. The average molecular weight is 1450 g/mol. The van der Waals surface area contributed by atoms with Crippen LogP contribution >= 0.6 is 15.6 Å². The van der Waals surface area contributed by atoms with Crippen molar-refractivity contribution < 1.29 is 80.2 Å². The minimum absolute atomic E-state index is 0.105. The third-order valence-corrected chi connectivity index (χ3v) is 20.5. The Morgan fingerprint density at radius 1 is 0.273 bits per heavy atom. The smallest absolute Gasteiger partial charge is 0.462 e. The van der Waals surface area contributed by atoms with Gasteiger partial charge in [0.25, 0.3) is 0 Å². The van der Waals surface area contributed by atoms with Crippen molar-refractivity contribution in [3.8, 4) is 0 Å². The number of esters is 4. The highest BCUT2D eigenvalue weighted by Gasteiger charge is 2.30. The summed E-state index contributed by atoms with van der Waals surface area (Å²) in [5.41, 5.74) is 0. The van der Waals surface area contributed by atoms with Crippen LogP contribution in [0.25, 0.3) is 0 Å². The fraction of sp³-hybridized carbons (Fsp3) is 0.950. The van der Waals surface area contributed by atoms with Crippen LogP contribution in [0, 0.1) is 17.8 Å². The van der Waals surface area contributed by atoms with Gasteiger partial charge >= 0.3 is 39.5 Å². The summed E-state index contributed by atoms with van der Waals surface area (Å²) in [6.07, 6.45) is 58.5. The van der Waals surface area contributed by atoms with E-state index in [9.17, 15) is 43.2 Å². The zero-order chi connectivity index (χ0) is 73.0. The Hall–Kier alpha value is -1.94. The molecule has 99 heavy (non-hydrogen) atoms. The Bertz CT molecular complexity index is 1920. The molecule has 0 fully saturated rings. The first kappa shape index (κ1) is 97.1. The van der Waals surface area contributed by atoms with Crippen molar-refractivity contribution in [1.29, 1.82) is 0 Å². The van der Waals surface area contributed by atoms with E-state index in [0.717, 1.165) is 108 Å². The fourth-order valence-corrected chi connectivity index (χ4v) is 13.9. The predicted molar refractivity (Wildman–Crippen MR) is 405 cm³/mol. The van der Waals surface area contributed by atoms with Crippen molar-refractivity contribution in [2.75, 3.05) is 39.6 Å². The van der Waals surface area contributed by atoms with Gasteiger partial charge in [0.2, 0.25) is 0 Å². The highest BCUT2D eigenvalue weighted by atomic mass is 31.2. The molecular weight excluding hydrogens is 1290 g/mol. The van der Waals surface area contributed by atoms with Gasteiger partial charge in [-0.2, -0.15) is 0 Å². The van der Waals surface area contributed by atoms with Crippen LogP contribution in [0.4, 0.5) is 0 Å². The first-order chi connectivity index (χ1) is 47.7. The Kier molecular flexibility index (Phi) is 69.0. The molecule has 588 valence electrons. The van der Waals surface area contributed by atoms with E-state index in [1.807, 2.05) is 0 Å². The molecule has 17 nitrogen and oxygen atoms in total. The van der Waals surface area contributed by atoms with Crippen molar-refractivity contribution in [2.24, 2.45) is 17.8 Å². The highest BCUT2D eigenvalue weighted by molar-refractivity contribution is 7.47. The van der Waals surface area contributed by atoms with E-state index in [4.69, 9.17) is 37.0 Å². The molecule has 0 radical (unpaired) electrons. The average Bonchev–Trinajstić information content (AvgIpc) is 1.15. The van der Waals surface area contributed by atoms with Crippen LogP contribution in [0.2, 0.25) is 0 Å². The maximum absolute atomic E-state index is 13.1. The number of aliphatic hydroxyl groups is 1. The largest absolute Gasteiger partial charge is 0.472 e. The molecule has 0 aliphatic rings. The summed E-state index contributed by atoms with van der Waals surface area (Å²) in [6, 6.07) is 0. The summed E-state index contributed by atoms with van der Waals surface area (Å²) in [5, 5.41) is 10.6. The van der Waals surface area contributed by atoms with E-state index in [1.165, 1.54) is 225 Å². The molecule has 0 saturated carbocycles. The lowest BCUT2D eigenvalue weighted by atomic mass is 10.0. The summed E-state index contributed by atoms with van der Waals surface area (Å²) in [7, 11) is -9.91. The van der Waals surface area contributed by atoms with Gasteiger partial charge < -0.3 is 33.8 Å². The second-order valence-electron chi connectivity index (χ2n) is 30.2. The maximum atomic E-state index is 13.1. The molecule has 0 aliphatic heterocycles. The summed E-state index contributed by atoms with van der Waals surface area (Å²) < 4.78 is 68.6. The number of carbonyl (C=O) groups is 4. The van der Waals surface area contributed by atoms with Crippen LogP contribution in [0.15, 0.2) is 0 Å². The Morgan fingerprint density at radius 3 is 0.687 bits per heavy atom. The maximum Gasteiger partial charge on any atom is 0.472 e. The number of aliphatic hydroxyl groups excluding tert-OH is 1. The Balaban J connectivity index is 5.19. The summed E-state index contributed by atoms with van der Waals surface area (Å²) in [6.45, 7) is 11.9. The van der Waals surface area contributed by atoms with Gasteiger partial charge in [-0.1, -0.05) is 363 Å². The van der Waals surface area contributed by atoms with E-state index >= 15 is 0 Å². The molecule has 0 aromatic heterocycles. The molecule has 0 rings (SSSR count). The molecule has 19 heteroatoms. The van der Waals surface area contributed by atoms with Crippen LogP contribution in [0.3, 0.4) is 0 Å². The van der Waals surface area contributed by atoms with Crippen LogP contribution < -0.4 is 0 Å². The lowest BCUT2D eigenvalue weighted by Crippen LogP contribution is -2.30. The molecule has 0 aliphatic carbocycles. The van der Waals surface area contributed by atoms with Gasteiger partial charge in [-0.15, -0.1) is 0 Å². The van der Waals surface area contributed by atoms with E-state index in [1.54, 1.807) is 0 Å². The molecule has 0 bridgehead atoms. The number of hydrogen-bond donors (Lipinski definition) is 3. The Labute approximate surface area is 607 Å². The van der Waals surface area contributed by atoms with Gasteiger partial charge in [-0.05, 0) is 43.4 Å². The Morgan fingerprint density at radius 2 is 0.465 bits per heavy atom. The number of phosphoric ester groups is 2. The lowest BCUT2D eigenvalue weighted by molar-refractivity contribution is -0.161. The molecule has 0 heterocycles. The van der Waals surface area contributed by atoms with Gasteiger partial charge in [-0.3, -0.25) is 37.3 Å². The molecule has 0 aromatic carbocycles. The quantitative estimate of drug-likeness (QED) is 0.0222. The third kappa shape index (κ3) is 74.1. The van der Waals surface area contributed by atoms with E-state index < -0.39 is 97.5 Å². The van der Waals surface area contributed by atoms with Crippen molar-refractivity contribution in [3.63, 3.8) is 0 Å². The molecule has 5 atom stereocenters. The topological polar surface area (TPSA) is 237 Å². The number of unbranched alkanes of at least 4 members (excludes halogenated alkanes) is 46.